The SMILES string of the molecule is Cc1cn(CCNC(=O)[C@@]2(C)CCc3c(C)c(O)c(C)c(C)c3O2)nn1. The molecule has 1 aliphatic rings. The minimum atomic E-state index is -0.925. The van der Waals surface area contributed by atoms with Crippen LogP contribution < -0.4 is 10.1 Å². The van der Waals surface area contributed by atoms with Gasteiger partial charge in [0.15, 0.2) is 5.60 Å². The van der Waals surface area contributed by atoms with Crippen molar-refractivity contribution in [1.29, 1.82) is 0 Å². The standard InChI is InChI=1S/C19H26N4O3/c1-11-10-23(22-21-11)9-8-20-18(25)19(5)7-6-15-14(4)16(24)12(2)13(3)17(15)26-19/h10,24H,6-9H2,1-5H3,(H,20,25)/t19-/m1/s1. The topological polar surface area (TPSA) is 89.3 Å². The van der Waals surface area contributed by atoms with Crippen LogP contribution in [0, 0.1) is 27.7 Å². The largest absolute Gasteiger partial charge is 0.507 e. The van der Waals surface area contributed by atoms with Crippen molar-refractivity contribution in [2.24, 2.45) is 0 Å². The highest BCUT2D eigenvalue weighted by molar-refractivity contribution is 5.85. The molecule has 1 amide bonds. The first-order valence-electron chi connectivity index (χ1n) is 8.88. The van der Waals surface area contributed by atoms with E-state index < -0.39 is 5.60 Å². The molecule has 1 aromatic heterocycles. The van der Waals surface area contributed by atoms with Gasteiger partial charge in [0.25, 0.3) is 5.91 Å². The minimum absolute atomic E-state index is 0.136. The highest BCUT2D eigenvalue weighted by Gasteiger charge is 2.40. The van der Waals surface area contributed by atoms with Crippen molar-refractivity contribution < 1.29 is 14.6 Å². The lowest BCUT2D eigenvalue weighted by atomic mass is 9.86. The number of aromatic hydroxyl groups is 1. The number of phenolic OH excluding ortho intramolecular Hbond substituents is 1. The molecule has 1 aliphatic heterocycles. The zero-order valence-corrected chi connectivity index (χ0v) is 16.0. The van der Waals surface area contributed by atoms with Gasteiger partial charge in [-0.3, -0.25) is 9.48 Å². The number of rotatable bonds is 4. The highest BCUT2D eigenvalue weighted by Crippen LogP contribution is 2.43. The molecule has 7 heteroatoms. The van der Waals surface area contributed by atoms with Gasteiger partial charge in [-0.15, -0.1) is 5.10 Å². The van der Waals surface area contributed by atoms with Gasteiger partial charge in [0.05, 0.1) is 12.2 Å². The first kappa shape index (κ1) is 18.2. The Kier molecular flexibility index (Phi) is 4.64. The van der Waals surface area contributed by atoms with Crippen LogP contribution in [0.25, 0.3) is 0 Å². The Balaban J connectivity index is 1.72. The molecule has 26 heavy (non-hydrogen) atoms. The van der Waals surface area contributed by atoms with Crippen molar-refractivity contribution >= 4 is 5.91 Å². The summed E-state index contributed by atoms with van der Waals surface area (Å²) in [5.41, 5.74) is 3.44. The molecule has 0 unspecified atom stereocenters. The molecule has 2 aromatic rings. The second-order valence-corrected chi connectivity index (χ2v) is 7.24. The second-order valence-electron chi connectivity index (χ2n) is 7.24. The van der Waals surface area contributed by atoms with Gasteiger partial charge in [0.2, 0.25) is 0 Å². The number of hydrogen-bond donors (Lipinski definition) is 2. The normalized spacial score (nSPS) is 19.0. The van der Waals surface area contributed by atoms with E-state index in [1.165, 1.54) is 0 Å². The predicted molar refractivity (Wildman–Crippen MR) is 97.4 cm³/mol. The monoisotopic (exact) mass is 358 g/mol. The molecule has 2 N–H and O–H groups in total. The summed E-state index contributed by atoms with van der Waals surface area (Å²) in [7, 11) is 0. The molecule has 1 atom stereocenters. The Hall–Kier alpha value is -2.57. The first-order valence-corrected chi connectivity index (χ1v) is 8.88. The zero-order valence-electron chi connectivity index (χ0n) is 16.0. The molecule has 1 aromatic carbocycles. The van der Waals surface area contributed by atoms with Gasteiger partial charge >= 0.3 is 0 Å². The Labute approximate surface area is 153 Å². The molecule has 0 bridgehead atoms. The van der Waals surface area contributed by atoms with E-state index in [4.69, 9.17) is 4.74 Å². The van der Waals surface area contributed by atoms with Crippen LogP contribution in [0.1, 0.15) is 41.3 Å². The lowest BCUT2D eigenvalue weighted by Crippen LogP contribution is -2.51. The lowest BCUT2D eigenvalue weighted by Gasteiger charge is -2.36. The Morgan fingerprint density at radius 3 is 2.69 bits per heavy atom. The molecule has 7 nitrogen and oxygen atoms in total. The predicted octanol–water partition coefficient (Wildman–Crippen LogP) is 2.12. The van der Waals surface area contributed by atoms with Crippen molar-refractivity contribution in [1.82, 2.24) is 20.3 Å². The van der Waals surface area contributed by atoms with Gasteiger partial charge in [0.1, 0.15) is 11.5 Å². The third-order valence-corrected chi connectivity index (χ3v) is 5.28. The average Bonchev–Trinajstić information content (AvgIpc) is 3.03. The molecular weight excluding hydrogens is 332 g/mol. The fourth-order valence-corrected chi connectivity index (χ4v) is 3.38. The number of aryl methyl sites for hydroxylation is 1. The van der Waals surface area contributed by atoms with Crippen LogP contribution >= 0.6 is 0 Å². The fraction of sp³-hybridized carbons (Fsp3) is 0.526. The number of hydrogen-bond acceptors (Lipinski definition) is 5. The number of nitrogens with one attached hydrogen (secondary N) is 1. The highest BCUT2D eigenvalue weighted by atomic mass is 16.5. The van der Waals surface area contributed by atoms with Crippen molar-refractivity contribution in [3.05, 3.63) is 34.1 Å². The fourth-order valence-electron chi connectivity index (χ4n) is 3.38. The van der Waals surface area contributed by atoms with E-state index >= 15 is 0 Å². The number of phenols is 1. The smallest absolute Gasteiger partial charge is 0.263 e. The van der Waals surface area contributed by atoms with Crippen LogP contribution in [0.15, 0.2) is 6.20 Å². The summed E-state index contributed by atoms with van der Waals surface area (Å²) in [5, 5.41) is 21.1. The number of carbonyl (C=O) groups is 1. The average molecular weight is 358 g/mol. The summed E-state index contributed by atoms with van der Waals surface area (Å²) in [6.07, 6.45) is 3.10. The second kappa shape index (κ2) is 6.63. The first-order chi connectivity index (χ1) is 12.2. The molecule has 0 saturated heterocycles. The van der Waals surface area contributed by atoms with E-state index in [1.54, 1.807) is 4.68 Å². The molecule has 0 spiro atoms. The maximum absolute atomic E-state index is 12.7. The minimum Gasteiger partial charge on any atom is -0.507 e. The van der Waals surface area contributed by atoms with Crippen LogP contribution in [0.2, 0.25) is 0 Å². The van der Waals surface area contributed by atoms with Gasteiger partial charge in [-0.25, -0.2) is 0 Å². The van der Waals surface area contributed by atoms with E-state index in [0.717, 1.165) is 33.7 Å². The van der Waals surface area contributed by atoms with E-state index in [-0.39, 0.29) is 5.91 Å². The van der Waals surface area contributed by atoms with Gasteiger partial charge in [-0.05, 0) is 57.7 Å². The quantitative estimate of drug-likeness (QED) is 0.874. The van der Waals surface area contributed by atoms with Crippen molar-refractivity contribution in [2.45, 2.75) is 59.6 Å². The zero-order chi connectivity index (χ0) is 19.1. The van der Waals surface area contributed by atoms with E-state index in [1.807, 2.05) is 40.8 Å². The van der Waals surface area contributed by atoms with Gasteiger partial charge in [-0.1, -0.05) is 5.21 Å². The number of aromatic nitrogens is 3. The van der Waals surface area contributed by atoms with Crippen molar-refractivity contribution in [3.63, 3.8) is 0 Å². The van der Waals surface area contributed by atoms with Crippen molar-refractivity contribution in [2.75, 3.05) is 6.54 Å². The van der Waals surface area contributed by atoms with E-state index in [9.17, 15) is 9.90 Å². The number of carbonyl (C=O) groups excluding carboxylic acids is 1. The van der Waals surface area contributed by atoms with Crippen LogP contribution in [0.3, 0.4) is 0 Å². The lowest BCUT2D eigenvalue weighted by molar-refractivity contribution is -0.136. The van der Waals surface area contributed by atoms with Gasteiger partial charge in [-0.2, -0.15) is 0 Å². The van der Waals surface area contributed by atoms with Crippen LogP contribution in [-0.4, -0.2) is 38.2 Å². The molecule has 3 rings (SSSR count). The molecule has 0 saturated carbocycles. The Morgan fingerprint density at radius 1 is 1.31 bits per heavy atom. The van der Waals surface area contributed by atoms with Crippen LogP contribution in [-0.2, 0) is 17.8 Å². The summed E-state index contributed by atoms with van der Waals surface area (Å²) < 4.78 is 7.88. The maximum Gasteiger partial charge on any atom is 0.263 e. The Bertz CT molecular complexity index is 859. The number of fused-ring (bicyclic) bond motifs is 1. The summed E-state index contributed by atoms with van der Waals surface area (Å²) in [6.45, 7) is 10.4. The number of nitrogens with zero attached hydrogens (tertiary/aromatic N) is 3. The van der Waals surface area contributed by atoms with Crippen LogP contribution in [0.4, 0.5) is 0 Å². The van der Waals surface area contributed by atoms with E-state index in [0.29, 0.717) is 31.7 Å². The summed E-state index contributed by atoms with van der Waals surface area (Å²) in [6, 6.07) is 0. The summed E-state index contributed by atoms with van der Waals surface area (Å²) >= 11 is 0. The van der Waals surface area contributed by atoms with Crippen molar-refractivity contribution in [3.8, 4) is 11.5 Å². The molecule has 0 radical (unpaired) electrons. The van der Waals surface area contributed by atoms with Crippen LogP contribution in [0.5, 0.6) is 11.5 Å². The number of ether oxygens (including phenoxy) is 1. The van der Waals surface area contributed by atoms with E-state index in [2.05, 4.69) is 15.6 Å². The Morgan fingerprint density at radius 2 is 2.04 bits per heavy atom. The molecule has 140 valence electrons. The molecule has 0 fully saturated rings. The molecular formula is C19H26N4O3. The third-order valence-electron chi connectivity index (χ3n) is 5.28. The molecule has 2 heterocycles. The summed E-state index contributed by atoms with van der Waals surface area (Å²) in [4.78, 5) is 12.7. The maximum atomic E-state index is 12.7. The van der Waals surface area contributed by atoms with Gasteiger partial charge in [0, 0.05) is 24.7 Å². The number of amides is 1. The third kappa shape index (κ3) is 3.13. The summed E-state index contributed by atoms with van der Waals surface area (Å²) in [5.74, 6) is 0.914. The molecule has 0 aliphatic carbocycles. The van der Waals surface area contributed by atoms with Gasteiger partial charge < -0.3 is 15.2 Å². The number of benzene rings is 1.